The predicted molar refractivity (Wildman–Crippen MR) is 71.2 cm³/mol. The van der Waals surface area contributed by atoms with Crippen LogP contribution in [0.2, 0.25) is 0 Å². The fraction of sp³-hybridized carbons (Fsp3) is 0.188. The third-order valence-electron chi connectivity index (χ3n) is 2.75. The molecule has 0 spiro atoms. The lowest BCUT2D eigenvalue weighted by atomic mass is 10.1. The largest absolute Gasteiger partial charge is 0.476 e. The number of ether oxygens (including phenoxy) is 1. The Kier molecular flexibility index (Phi) is 4.52. The molecule has 2 aromatic carbocycles. The van der Waals surface area contributed by atoms with Crippen LogP contribution in [0.3, 0.4) is 0 Å². The highest BCUT2D eigenvalue weighted by atomic mass is 19.1. The number of nitrogens with zero attached hydrogens (tertiary/aromatic N) is 1. The van der Waals surface area contributed by atoms with Gasteiger partial charge in [0.2, 0.25) is 0 Å². The first-order valence-electron chi connectivity index (χ1n) is 6.13. The number of para-hydroxylation sites is 1. The molecule has 1 unspecified atom stereocenters. The number of nitriles is 1. The van der Waals surface area contributed by atoms with Crippen molar-refractivity contribution in [2.45, 2.75) is 18.9 Å². The van der Waals surface area contributed by atoms with E-state index in [9.17, 15) is 4.39 Å². The molecule has 0 aromatic heterocycles. The van der Waals surface area contributed by atoms with Crippen LogP contribution < -0.4 is 4.74 Å². The van der Waals surface area contributed by atoms with E-state index in [4.69, 9.17) is 10.00 Å². The summed E-state index contributed by atoms with van der Waals surface area (Å²) in [7, 11) is 0. The summed E-state index contributed by atoms with van der Waals surface area (Å²) in [4.78, 5) is 0. The number of aryl methyl sites for hydroxylation is 1. The molecule has 0 fully saturated rings. The highest BCUT2D eigenvalue weighted by molar-refractivity contribution is 5.22. The number of hydrogen-bond acceptors (Lipinski definition) is 2. The molecule has 3 heteroatoms. The van der Waals surface area contributed by atoms with Gasteiger partial charge in [-0.05, 0) is 36.2 Å². The van der Waals surface area contributed by atoms with Gasteiger partial charge in [0.1, 0.15) is 17.6 Å². The van der Waals surface area contributed by atoms with E-state index >= 15 is 0 Å². The minimum atomic E-state index is -0.523. The molecule has 2 nitrogen and oxygen atoms in total. The normalized spacial score (nSPS) is 11.6. The van der Waals surface area contributed by atoms with Crippen molar-refractivity contribution in [3.05, 3.63) is 66.0 Å². The summed E-state index contributed by atoms with van der Waals surface area (Å²) in [5, 5.41) is 9.07. The first kappa shape index (κ1) is 13.1. The topological polar surface area (TPSA) is 33.0 Å². The highest BCUT2D eigenvalue weighted by Crippen LogP contribution is 2.14. The first-order valence-corrected chi connectivity index (χ1v) is 6.13. The molecular weight excluding hydrogens is 241 g/mol. The minimum Gasteiger partial charge on any atom is -0.476 e. The molecule has 0 aliphatic heterocycles. The summed E-state index contributed by atoms with van der Waals surface area (Å²) < 4.78 is 18.6. The zero-order valence-electron chi connectivity index (χ0n) is 10.4. The number of rotatable bonds is 5. The Morgan fingerprint density at radius 2 is 1.89 bits per heavy atom. The number of halogens is 1. The second kappa shape index (κ2) is 6.55. The Morgan fingerprint density at radius 1 is 1.11 bits per heavy atom. The second-order valence-electron chi connectivity index (χ2n) is 4.22. The smallest absolute Gasteiger partial charge is 0.184 e. The maximum Gasteiger partial charge on any atom is 0.184 e. The van der Waals surface area contributed by atoms with Crippen molar-refractivity contribution in [3.8, 4) is 11.8 Å². The minimum absolute atomic E-state index is 0.255. The van der Waals surface area contributed by atoms with Gasteiger partial charge in [0, 0.05) is 6.42 Å². The fourth-order valence-corrected chi connectivity index (χ4v) is 1.80. The van der Waals surface area contributed by atoms with Gasteiger partial charge in [0.05, 0.1) is 0 Å². The predicted octanol–water partition coefficient (Wildman–Crippen LogP) is 3.73. The lowest BCUT2D eigenvalue weighted by Crippen LogP contribution is -2.15. The summed E-state index contributed by atoms with van der Waals surface area (Å²) in [5.74, 6) is 0.420. The molecule has 0 amide bonds. The van der Waals surface area contributed by atoms with E-state index in [0.29, 0.717) is 18.6 Å². The monoisotopic (exact) mass is 255 g/mol. The molecular formula is C16H14FNO. The van der Waals surface area contributed by atoms with Crippen molar-refractivity contribution in [1.29, 1.82) is 5.26 Å². The van der Waals surface area contributed by atoms with Crippen molar-refractivity contribution in [2.24, 2.45) is 0 Å². The van der Waals surface area contributed by atoms with E-state index in [1.54, 1.807) is 6.07 Å². The van der Waals surface area contributed by atoms with E-state index in [2.05, 4.69) is 6.07 Å². The SMILES string of the molecule is N#CC(CCc1cccc(F)c1)Oc1ccccc1. The molecule has 2 rings (SSSR count). The molecule has 0 aliphatic rings. The van der Waals surface area contributed by atoms with Crippen LogP contribution >= 0.6 is 0 Å². The lowest BCUT2D eigenvalue weighted by Gasteiger charge is -2.12. The summed E-state index contributed by atoms with van der Waals surface area (Å²) in [6, 6.07) is 17.8. The summed E-state index contributed by atoms with van der Waals surface area (Å²) in [6.07, 6.45) is 0.628. The van der Waals surface area contributed by atoms with Crippen LogP contribution in [0.1, 0.15) is 12.0 Å². The van der Waals surface area contributed by atoms with Crippen molar-refractivity contribution < 1.29 is 9.13 Å². The van der Waals surface area contributed by atoms with Gasteiger partial charge < -0.3 is 4.74 Å². The molecule has 0 aliphatic carbocycles. The fourth-order valence-electron chi connectivity index (χ4n) is 1.80. The van der Waals surface area contributed by atoms with E-state index < -0.39 is 6.10 Å². The Labute approximate surface area is 112 Å². The van der Waals surface area contributed by atoms with Gasteiger partial charge in [0.25, 0.3) is 0 Å². The zero-order valence-corrected chi connectivity index (χ0v) is 10.4. The van der Waals surface area contributed by atoms with Crippen LogP contribution in [0.5, 0.6) is 5.75 Å². The molecule has 19 heavy (non-hydrogen) atoms. The molecule has 0 saturated carbocycles. The van der Waals surface area contributed by atoms with Crippen molar-refractivity contribution >= 4 is 0 Å². The van der Waals surface area contributed by atoms with Crippen molar-refractivity contribution in [3.63, 3.8) is 0 Å². The van der Waals surface area contributed by atoms with Gasteiger partial charge in [-0.1, -0.05) is 30.3 Å². The third-order valence-corrected chi connectivity index (χ3v) is 2.75. The van der Waals surface area contributed by atoms with Gasteiger partial charge in [-0.15, -0.1) is 0 Å². The molecule has 0 N–H and O–H groups in total. The van der Waals surface area contributed by atoms with Crippen LogP contribution in [-0.4, -0.2) is 6.10 Å². The molecule has 1 atom stereocenters. The molecule has 0 saturated heterocycles. The Morgan fingerprint density at radius 3 is 2.58 bits per heavy atom. The second-order valence-corrected chi connectivity index (χ2v) is 4.22. The van der Waals surface area contributed by atoms with Crippen molar-refractivity contribution in [1.82, 2.24) is 0 Å². The maximum atomic E-state index is 13.0. The van der Waals surface area contributed by atoms with Crippen LogP contribution in [0, 0.1) is 17.1 Å². The Balaban J connectivity index is 1.92. The Hall–Kier alpha value is -2.34. The van der Waals surface area contributed by atoms with Crippen LogP contribution in [-0.2, 0) is 6.42 Å². The number of benzene rings is 2. The van der Waals surface area contributed by atoms with E-state index in [1.165, 1.54) is 12.1 Å². The third kappa shape index (κ3) is 4.11. The van der Waals surface area contributed by atoms with E-state index in [1.807, 2.05) is 36.4 Å². The molecule has 0 bridgehead atoms. The summed E-state index contributed by atoms with van der Waals surface area (Å²) in [6.45, 7) is 0. The molecule has 2 aromatic rings. The summed E-state index contributed by atoms with van der Waals surface area (Å²) in [5.41, 5.74) is 0.872. The molecule has 0 radical (unpaired) electrons. The van der Waals surface area contributed by atoms with Gasteiger partial charge in [-0.2, -0.15) is 5.26 Å². The quantitative estimate of drug-likeness (QED) is 0.815. The van der Waals surface area contributed by atoms with Crippen molar-refractivity contribution in [2.75, 3.05) is 0 Å². The van der Waals surface area contributed by atoms with Gasteiger partial charge in [0.15, 0.2) is 6.10 Å². The highest BCUT2D eigenvalue weighted by Gasteiger charge is 2.09. The van der Waals surface area contributed by atoms with Crippen LogP contribution in [0.15, 0.2) is 54.6 Å². The average molecular weight is 255 g/mol. The maximum absolute atomic E-state index is 13.0. The number of hydrogen-bond donors (Lipinski definition) is 0. The van der Waals surface area contributed by atoms with Crippen LogP contribution in [0.25, 0.3) is 0 Å². The standard InChI is InChI=1S/C16H14FNO/c17-14-6-4-5-13(11-14)9-10-16(12-18)19-15-7-2-1-3-8-15/h1-8,11,16H,9-10H2. The first-order chi connectivity index (χ1) is 9.28. The molecule has 0 heterocycles. The molecule has 96 valence electrons. The van der Waals surface area contributed by atoms with E-state index in [0.717, 1.165) is 5.56 Å². The lowest BCUT2D eigenvalue weighted by molar-refractivity contribution is 0.245. The summed E-state index contributed by atoms with van der Waals surface area (Å²) >= 11 is 0. The van der Waals surface area contributed by atoms with Crippen LogP contribution in [0.4, 0.5) is 4.39 Å². The van der Waals surface area contributed by atoms with E-state index in [-0.39, 0.29) is 5.82 Å². The average Bonchev–Trinajstić information content (AvgIpc) is 2.44. The van der Waals surface area contributed by atoms with Gasteiger partial charge in [-0.3, -0.25) is 0 Å². The van der Waals surface area contributed by atoms with Gasteiger partial charge in [-0.25, -0.2) is 4.39 Å². The van der Waals surface area contributed by atoms with Gasteiger partial charge >= 0.3 is 0 Å². The zero-order chi connectivity index (χ0) is 13.5. The Bertz CT molecular complexity index is 562.